The lowest BCUT2D eigenvalue weighted by atomic mass is 10.1. The Labute approximate surface area is 191 Å². The average Bonchev–Trinajstić information content (AvgIpc) is 2.73. The number of nitrogens with zero attached hydrogens (tertiary/aromatic N) is 1. The Bertz CT molecular complexity index is 812. The van der Waals surface area contributed by atoms with Gasteiger partial charge in [0, 0.05) is 19.2 Å². The molecular formula is C22H32IN3O3. The molecule has 7 heteroatoms. The topological polar surface area (TPSA) is 64.1 Å². The van der Waals surface area contributed by atoms with Gasteiger partial charge in [-0.25, -0.2) is 0 Å². The lowest BCUT2D eigenvalue weighted by Gasteiger charge is -2.21. The molecule has 0 aliphatic heterocycles. The first-order valence-electron chi connectivity index (χ1n) is 9.35. The monoisotopic (exact) mass is 513 g/mol. The predicted octanol–water partition coefficient (Wildman–Crippen LogP) is 4.11. The summed E-state index contributed by atoms with van der Waals surface area (Å²) >= 11 is 0. The van der Waals surface area contributed by atoms with Gasteiger partial charge in [-0.1, -0.05) is 12.1 Å². The van der Waals surface area contributed by atoms with Crippen molar-refractivity contribution >= 4 is 29.9 Å². The highest BCUT2D eigenvalue weighted by Gasteiger charge is 2.14. The maximum absolute atomic E-state index is 5.48. The molecule has 2 aromatic carbocycles. The van der Waals surface area contributed by atoms with Gasteiger partial charge in [-0.2, -0.15) is 0 Å². The highest BCUT2D eigenvalue weighted by Crippen LogP contribution is 2.29. The van der Waals surface area contributed by atoms with Crippen LogP contribution < -0.4 is 24.8 Å². The van der Waals surface area contributed by atoms with Crippen LogP contribution in [0.15, 0.2) is 41.4 Å². The van der Waals surface area contributed by atoms with Crippen molar-refractivity contribution in [3.63, 3.8) is 0 Å². The second-order valence-electron chi connectivity index (χ2n) is 6.53. The summed E-state index contributed by atoms with van der Waals surface area (Å²) in [6.07, 6.45) is 0.869. The summed E-state index contributed by atoms with van der Waals surface area (Å²) in [4.78, 5) is 4.33. The van der Waals surface area contributed by atoms with Crippen LogP contribution in [0.1, 0.15) is 29.7 Å². The molecule has 2 rings (SSSR count). The fourth-order valence-electron chi connectivity index (χ4n) is 3.00. The smallest absolute Gasteiger partial charge is 0.191 e. The van der Waals surface area contributed by atoms with Gasteiger partial charge in [0.15, 0.2) is 5.96 Å². The van der Waals surface area contributed by atoms with Crippen LogP contribution in [0, 0.1) is 6.92 Å². The largest absolute Gasteiger partial charge is 0.497 e. The first-order valence-corrected chi connectivity index (χ1v) is 9.35. The quantitative estimate of drug-likeness (QED) is 0.316. The number of guanidine groups is 1. The van der Waals surface area contributed by atoms with Crippen LogP contribution in [0.5, 0.6) is 17.2 Å². The number of aryl methyl sites for hydroxylation is 1. The molecule has 0 radical (unpaired) electrons. The number of methoxy groups -OCH3 is 3. The molecule has 160 valence electrons. The van der Waals surface area contributed by atoms with E-state index in [4.69, 9.17) is 14.2 Å². The maximum Gasteiger partial charge on any atom is 0.191 e. The highest BCUT2D eigenvalue weighted by molar-refractivity contribution is 14.0. The molecule has 0 aromatic heterocycles. The van der Waals surface area contributed by atoms with Crippen LogP contribution in [-0.2, 0) is 6.42 Å². The molecular weight excluding hydrogens is 481 g/mol. The number of halogens is 1. The fraction of sp³-hybridized carbons (Fsp3) is 0.409. The number of ether oxygens (including phenoxy) is 3. The molecule has 0 aliphatic rings. The Balaban J connectivity index is 0.00000420. The van der Waals surface area contributed by atoms with Gasteiger partial charge in [0.2, 0.25) is 0 Å². The summed E-state index contributed by atoms with van der Waals surface area (Å²) in [5, 5.41) is 6.77. The van der Waals surface area contributed by atoms with Gasteiger partial charge in [0.25, 0.3) is 0 Å². The summed E-state index contributed by atoms with van der Waals surface area (Å²) in [7, 11) is 6.79. The van der Waals surface area contributed by atoms with E-state index in [2.05, 4.69) is 40.7 Å². The van der Waals surface area contributed by atoms with E-state index < -0.39 is 0 Å². The van der Waals surface area contributed by atoms with Crippen molar-refractivity contribution in [2.24, 2.45) is 4.99 Å². The van der Waals surface area contributed by atoms with Crippen LogP contribution in [-0.4, -0.2) is 40.9 Å². The summed E-state index contributed by atoms with van der Waals surface area (Å²) < 4.78 is 16.2. The van der Waals surface area contributed by atoms with E-state index in [1.807, 2.05) is 25.1 Å². The standard InChI is InChI=1S/C22H31N3O3.HI/c1-15-7-8-17(13-21(15)28-6)11-12-24-22(23-3)25-16(2)19-14-18(26-4)9-10-20(19)27-5;/h7-10,13-14,16H,11-12H2,1-6H3,(H2,23,24,25);1H. The molecule has 1 unspecified atom stereocenters. The summed E-state index contributed by atoms with van der Waals surface area (Å²) in [5.41, 5.74) is 3.36. The molecule has 0 saturated carbocycles. The molecule has 0 heterocycles. The number of hydrogen-bond donors (Lipinski definition) is 2. The molecule has 2 aromatic rings. The molecule has 1 atom stereocenters. The Morgan fingerprint density at radius 2 is 1.72 bits per heavy atom. The minimum atomic E-state index is -0.00396. The highest BCUT2D eigenvalue weighted by atomic mass is 127. The average molecular weight is 513 g/mol. The first kappa shape index (κ1) is 24.9. The van der Waals surface area contributed by atoms with Crippen molar-refractivity contribution in [3.8, 4) is 17.2 Å². The van der Waals surface area contributed by atoms with Crippen molar-refractivity contribution in [1.29, 1.82) is 0 Å². The first-order chi connectivity index (χ1) is 13.5. The fourth-order valence-corrected chi connectivity index (χ4v) is 3.00. The minimum absolute atomic E-state index is 0. The van der Waals surface area contributed by atoms with Gasteiger partial charge in [0.1, 0.15) is 17.2 Å². The maximum atomic E-state index is 5.48. The Morgan fingerprint density at radius 3 is 2.34 bits per heavy atom. The van der Waals surface area contributed by atoms with E-state index >= 15 is 0 Å². The zero-order chi connectivity index (χ0) is 20.5. The zero-order valence-electron chi connectivity index (χ0n) is 18.0. The molecule has 6 nitrogen and oxygen atoms in total. The molecule has 29 heavy (non-hydrogen) atoms. The predicted molar refractivity (Wildman–Crippen MR) is 129 cm³/mol. The van der Waals surface area contributed by atoms with Gasteiger partial charge >= 0.3 is 0 Å². The summed E-state index contributed by atoms with van der Waals surface area (Å²) in [5.74, 6) is 3.25. The Hall–Kier alpha value is -2.16. The van der Waals surface area contributed by atoms with Crippen LogP contribution in [0.25, 0.3) is 0 Å². The number of aliphatic imine (C=N–C) groups is 1. The van der Waals surface area contributed by atoms with Crippen molar-refractivity contribution in [3.05, 3.63) is 53.1 Å². The molecule has 0 spiro atoms. The van der Waals surface area contributed by atoms with E-state index in [0.717, 1.165) is 47.3 Å². The SMILES string of the molecule is CN=C(NCCc1ccc(C)c(OC)c1)NC(C)c1cc(OC)ccc1OC.I. The van der Waals surface area contributed by atoms with Crippen molar-refractivity contribution in [2.75, 3.05) is 34.9 Å². The number of benzene rings is 2. The van der Waals surface area contributed by atoms with Gasteiger partial charge in [0.05, 0.1) is 27.4 Å². The van der Waals surface area contributed by atoms with Gasteiger partial charge in [-0.15, -0.1) is 24.0 Å². The number of rotatable bonds is 8. The third-order valence-electron chi connectivity index (χ3n) is 4.66. The van der Waals surface area contributed by atoms with E-state index in [1.165, 1.54) is 5.56 Å². The molecule has 0 fully saturated rings. The summed E-state index contributed by atoms with van der Waals surface area (Å²) in [6, 6.07) is 12.1. The number of nitrogens with one attached hydrogen (secondary N) is 2. The third-order valence-corrected chi connectivity index (χ3v) is 4.66. The molecule has 2 N–H and O–H groups in total. The lowest BCUT2D eigenvalue weighted by molar-refractivity contribution is 0.394. The van der Waals surface area contributed by atoms with Crippen LogP contribution >= 0.6 is 24.0 Å². The van der Waals surface area contributed by atoms with Crippen LogP contribution in [0.2, 0.25) is 0 Å². The van der Waals surface area contributed by atoms with Gasteiger partial charge in [-0.3, -0.25) is 4.99 Å². The molecule has 0 bridgehead atoms. The minimum Gasteiger partial charge on any atom is -0.497 e. The second kappa shape index (κ2) is 12.4. The zero-order valence-corrected chi connectivity index (χ0v) is 20.4. The van der Waals surface area contributed by atoms with E-state index in [0.29, 0.717) is 0 Å². The number of hydrogen-bond acceptors (Lipinski definition) is 4. The van der Waals surface area contributed by atoms with E-state index in [1.54, 1.807) is 28.4 Å². The van der Waals surface area contributed by atoms with Crippen molar-refractivity contribution in [1.82, 2.24) is 10.6 Å². The van der Waals surface area contributed by atoms with Crippen LogP contribution in [0.4, 0.5) is 0 Å². The van der Waals surface area contributed by atoms with Gasteiger partial charge in [-0.05, 0) is 55.7 Å². The Kier molecular flexibility index (Phi) is 10.6. The lowest BCUT2D eigenvalue weighted by Crippen LogP contribution is -2.39. The Morgan fingerprint density at radius 1 is 1.00 bits per heavy atom. The summed E-state index contributed by atoms with van der Waals surface area (Å²) in [6.45, 7) is 4.86. The van der Waals surface area contributed by atoms with Crippen molar-refractivity contribution in [2.45, 2.75) is 26.3 Å². The van der Waals surface area contributed by atoms with E-state index in [-0.39, 0.29) is 30.0 Å². The molecule has 0 aliphatic carbocycles. The van der Waals surface area contributed by atoms with Gasteiger partial charge < -0.3 is 24.8 Å². The third kappa shape index (κ3) is 6.99. The molecule has 0 amide bonds. The van der Waals surface area contributed by atoms with Crippen molar-refractivity contribution < 1.29 is 14.2 Å². The van der Waals surface area contributed by atoms with E-state index in [9.17, 15) is 0 Å². The van der Waals surface area contributed by atoms with Crippen LogP contribution in [0.3, 0.4) is 0 Å². The molecule has 0 saturated heterocycles. The second-order valence-corrected chi connectivity index (χ2v) is 6.53. The normalized spacial score (nSPS) is 11.9.